The average Bonchev–Trinajstić information content (AvgIpc) is 3.10. The molecule has 2 heterocycles. The summed E-state index contributed by atoms with van der Waals surface area (Å²) < 4.78 is 26.6. The summed E-state index contributed by atoms with van der Waals surface area (Å²) in [6.07, 6.45) is 2.89. The number of nitrogens with zero attached hydrogens (tertiary/aromatic N) is 2. The van der Waals surface area contributed by atoms with Gasteiger partial charge in [0.2, 0.25) is 10.0 Å². The van der Waals surface area contributed by atoms with Crippen molar-refractivity contribution < 1.29 is 13.3 Å². The largest absolute Gasteiger partial charge is 0.310 e. The van der Waals surface area contributed by atoms with E-state index in [1.807, 2.05) is 0 Å². The van der Waals surface area contributed by atoms with E-state index >= 15 is 0 Å². The van der Waals surface area contributed by atoms with Gasteiger partial charge in [0.25, 0.3) is 5.69 Å². The number of hydrogen-bond donors (Lipinski definition) is 1. The van der Waals surface area contributed by atoms with Crippen LogP contribution in [0.25, 0.3) is 0 Å². The molecule has 1 atom stereocenters. The fourth-order valence-corrected chi connectivity index (χ4v) is 4.67. The van der Waals surface area contributed by atoms with E-state index in [0.29, 0.717) is 13.1 Å². The summed E-state index contributed by atoms with van der Waals surface area (Å²) in [5, 5.41) is 14.0. The molecule has 1 spiro atoms. The highest BCUT2D eigenvalue weighted by Crippen LogP contribution is 2.33. The predicted molar refractivity (Wildman–Crippen MR) is 76.4 cm³/mol. The van der Waals surface area contributed by atoms with Crippen LogP contribution in [0.3, 0.4) is 0 Å². The van der Waals surface area contributed by atoms with Gasteiger partial charge in [0.05, 0.1) is 9.82 Å². The second-order valence-electron chi connectivity index (χ2n) is 5.65. The van der Waals surface area contributed by atoms with E-state index in [9.17, 15) is 18.5 Å². The van der Waals surface area contributed by atoms with Crippen molar-refractivity contribution in [1.29, 1.82) is 0 Å². The number of nitro benzene ring substituents is 1. The van der Waals surface area contributed by atoms with Crippen molar-refractivity contribution in [2.24, 2.45) is 0 Å². The predicted octanol–water partition coefficient (Wildman–Crippen LogP) is 1.11. The van der Waals surface area contributed by atoms with Crippen molar-refractivity contribution in [3.05, 3.63) is 34.4 Å². The summed E-state index contributed by atoms with van der Waals surface area (Å²) in [5.74, 6) is 0. The zero-order valence-corrected chi connectivity index (χ0v) is 12.3. The van der Waals surface area contributed by atoms with Gasteiger partial charge in [0.1, 0.15) is 0 Å². The normalized spacial score (nSPS) is 26.5. The van der Waals surface area contributed by atoms with E-state index in [1.165, 1.54) is 28.6 Å². The van der Waals surface area contributed by atoms with E-state index in [2.05, 4.69) is 5.32 Å². The highest BCUT2D eigenvalue weighted by Gasteiger charge is 2.44. The van der Waals surface area contributed by atoms with Crippen molar-refractivity contribution in [3.8, 4) is 0 Å². The van der Waals surface area contributed by atoms with E-state index < -0.39 is 14.9 Å². The van der Waals surface area contributed by atoms with Gasteiger partial charge in [-0.15, -0.1) is 0 Å². The highest BCUT2D eigenvalue weighted by atomic mass is 32.2. The van der Waals surface area contributed by atoms with Crippen molar-refractivity contribution in [3.63, 3.8) is 0 Å². The van der Waals surface area contributed by atoms with Gasteiger partial charge < -0.3 is 5.32 Å². The topological polar surface area (TPSA) is 92.5 Å². The van der Waals surface area contributed by atoms with Gasteiger partial charge in [0.15, 0.2) is 0 Å². The van der Waals surface area contributed by atoms with Gasteiger partial charge in [-0.3, -0.25) is 10.1 Å². The third kappa shape index (κ3) is 2.54. The lowest BCUT2D eigenvalue weighted by molar-refractivity contribution is -0.384. The van der Waals surface area contributed by atoms with Crippen molar-refractivity contribution in [1.82, 2.24) is 9.62 Å². The van der Waals surface area contributed by atoms with Crippen LogP contribution in [0.4, 0.5) is 5.69 Å². The molecule has 1 aromatic carbocycles. The second kappa shape index (κ2) is 5.04. The minimum atomic E-state index is -3.57. The fourth-order valence-electron chi connectivity index (χ4n) is 3.15. The van der Waals surface area contributed by atoms with Gasteiger partial charge in [-0.25, -0.2) is 8.42 Å². The number of rotatable bonds is 3. The van der Waals surface area contributed by atoms with Crippen LogP contribution in [0.5, 0.6) is 0 Å². The summed E-state index contributed by atoms with van der Waals surface area (Å²) in [5.41, 5.74) is -0.183. The lowest BCUT2D eigenvalue weighted by Crippen LogP contribution is -2.43. The Kier molecular flexibility index (Phi) is 3.46. The summed E-state index contributed by atoms with van der Waals surface area (Å²) in [4.78, 5) is 10.2. The maximum absolute atomic E-state index is 12.6. The summed E-state index contributed by atoms with van der Waals surface area (Å²) >= 11 is 0. The SMILES string of the molecule is O=[N+]([O-])c1ccc(S(=O)(=O)N2CCC3(CCCN3)C2)cc1. The number of nitro groups is 1. The molecule has 21 heavy (non-hydrogen) atoms. The Balaban J connectivity index is 1.82. The first-order chi connectivity index (χ1) is 9.93. The molecule has 1 N–H and O–H groups in total. The molecule has 1 unspecified atom stereocenters. The Morgan fingerprint density at radius 2 is 1.95 bits per heavy atom. The smallest absolute Gasteiger partial charge is 0.269 e. The van der Waals surface area contributed by atoms with E-state index in [0.717, 1.165) is 25.8 Å². The number of hydrogen-bond acceptors (Lipinski definition) is 5. The van der Waals surface area contributed by atoms with Crippen LogP contribution in [0.15, 0.2) is 29.2 Å². The first-order valence-electron chi connectivity index (χ1n) is 6.93. The zero-order chi connectivity index (χ0) is 15.1. The summed E-state index contributed by atoms with van der Waals surface area (Å²) in [7, 11) is -3.57. The van der Waals surface area contributed by atoms with E-state index in [-0.39, 0.29) is 16.1 Å². The maximum Gasteiger partial charge on any atom is 0.269 e. The maximum atomic E-state index is 12.6. The molecule has 2 fully saturated rings. The Labute approximate surface area is 123 Å². The van der Waals surface area contributed by atoms with E-state index in [1.54, 1.807) is 0 Å². The minimum absolute atomic E-state index is 0.0755. The molecule has 0 radical (unpaired) electrons. The Bertz CT molecular complexity index is 650. The van der Waals surface area contributed by atoms with Crippen LogP contribution in [0.2, 0.25) is 0 Å². The Morgan fingerprint density at radius 3 is 2.52 bits per heavy atom. The second-order valence-corrected chi connectivity index (χ2v) is 7.59. The quantitative estimate of drug-likeness (QED) is 0.667. The molecule has 7 nitrogen and oxygen atoms in total. The zero-order valence-electron chi connectivity index (χ0n) is 11.5. The molecular formula is C13H17N3O4S. The van der Waals surface area contributed by atoms with Crippen LogP contribution in [0.1, 0.15) is 19.3 Å². The molecule has 0 aromatic heterocycles. The van der Waals surface area contributed by atoms with Crippen LogP contribution in [-0.4, -0.2) is 42.8 Å². The molecule has 0 amide bonds. The Morgan fingerprint density at radius 1 is 1.24 bits per heavy atom. The molecule has 3 rings (SSSR count). The molecule has 0 bridgehead atoms. The average molecular weight is 311 g/mol. The van der Waals surface area contributed by atoms with Crippen molar-refractivity contribution >= 4 is 15.7 Å². The fraction of sp³-hybridized carbons (Fsp3) is 0.538. The molecule has 0 saturated carbocycles. The number of nitrogens with one attached hydrogen (secondary N) is 1. The molecule has 0 aliphatic carbocycles. The van der Waals surface area contributed by atoms with Crippen molar-refractivity contribution in [2.75, 3.05) is 19.6 Å². The molecule has 2 aliphatic heterocycles. The standard InChI is InChI=1S/C13H17N3O4S/c17-16(18)11-2-4-12(5-3-11)21(19,20)15-9-7-13(10-15)6-1-8-14-13/h2-5,14H,1,6-10H2. The summed E-state index contributed by atoms with van der Waals surface area (Å²) in [6, 6.07) is 5.07. The number of non-ortho nitro benzene ring substituents is 1. The first kappa shape index (κ1) is 14.4. The lowest BCUT2D eigenvalue weighted by atomic mass is 9.97. The first-order valence-corrected chi connectivity index (χ1v) is 8.37. The Hall–Kier alpha value is -1.51. The molecule has 2 saturated heterocycles. The molecule has 114 valence electrons. The van der Waals surface area contributed by atoms with Gasteiger partial charge in [-0.05, 0) is 37.9 Å². The van der Waals surface area contributed by atoms with Crippen molar-refractivity contribution in [2.45, 2.75) is 29.7 Å². The number of sulfonamides is 1. The summed E-state index contributed by atoms with van der Waals surface area (Å²) in [6.45, 7) is 1.91. The third-order valence-corrected chi connectivity index (χ3v) is 6.20. The van der Waals surface area contributed by atoms with Gasteiger partial charge in [-0.2, -0.15) is 4.31 Å². The van der Waals surface area contributed by atoms with Gasteiger partial charge >= 0.3 is 0 Å². The molecule has 1 aromatic rings. The van der Waals surface area contributed by atoms with Gasteiger partial charge in [-0.1, -0.05) is 0 Å². The lowest BCUT2D eigenvalue weighted by Gasteiger charge is -2.24. The van der Waals surface area contributed by atoms with Crippen LogP contribution >= 0.6 is 0 Å². The van der Waals surface area contributed by atoms with Gasteiger partial charge in [0, 0.05) is 30.8 Å². The third-order valence-electron chi connectivity index (χ3n) is 4.34. The molecule has 8 heteroatoms. The highest BCUT2D eigenvalue weighted by molar-refractivity contribution is 7.89. The molecular weight excluding hydrogens is 294 g/mol. The monoisotopic (exact) mass is 311 g/mol. The van der Waals surface area contributed by atoms with Crippen LogP contribution < -0.4 is 5.32 Å². The molecule has 2 aliphatic rings. The van der Waals surface area contributed by atoms with Crippen LogP contribution in [0, 0.1) is 10.1 Å². The number of benzene rings is 1. The minimum Gasteiger partial charge on any atom is -0.310 e. The van der Waals surface area contributed by atoms with Crippen LogP contribution in [-0.2, 0) is 10.0 Å². The van der Waals surface area contributed by atoms with E-state index in [4.69, 9.17) is 0 Å².